The second-order valence-corrected chi connectivity index (χ2v) is 5.76. The number of nitrogens with zero attached hydrogens (tertiary/aromatic N) is 1. The molecule has 1 aliphatic heterocycles. The van der Waals surface area contributed by atoms with Gasteiger partial charge in [-0.05, 0) is 25.2 Å². The molecule has 0 radical (unpaired) electrons. The summed E-state index contributed by atoms with van der Waals surface area (Å²) in [7, 11) is 0. The van der Waals surface area contributed by atoms with Crippen LogP contribution in [0.1, 0.15) is 32.6 Å². The molecular formula is C14H22N2O4. The normalized spacial score (nSPS) is 30.8. The first kappa shape index (κ1) is 14.8. The fraction of sp³-hybridized carbons (Fsp3) is 0.786. The summed E-state index contributed by atoms with van der Waals surface area (Å²) in [6.07, 6.45) is 2.82. The topological polar surface area (TPSA) is 86.7 Å². The van der Waals surface area contributed by atoms with Crippen molar-refractivity contribution in [2.24, 2.45) is 17.8 Å². The number of carbonyl (C=O) groups excluding carboxylic acids is 2. The van der Waals surface area contributed by atoms with E-state index >= 15 is 0 Å². The molecule has 20 heavy (non-hydrogen) atoms. The molecule has 1 saturated heterocycles. The molecule has 6 nitrogen and oxygen atoms in total. The monoisotopic (exact) mass is 282 g/mol. The van der Waals surface area contributed by atoms with Crippen LogP contribution in [0.2, 0.25) is 0 Å². The van der Waals surface area contributed by atoms with Crippen LogP contribution in [0.3, 0.4) is 0 Å². The van der Waals surface area contributed by atoms with Crippen LogP contribution in [-0.4, -0.2) is 47.4 Å². The number of carboxylic acid groups (broad SMARTS) is 1. The predicted octanol–water partition coefficient (Wildman–Crippen LogP) is 0.472. The summed E-state index contributed by atoms with van der Waals surface area (Å²) in [5.41, 5.74) is 0. The summed E-state index contributed by atoms with van der Waals surface area (Å²) in [6.45, 7) is 3.18. The van der Waals surface area contributed by atoms with Gasteiger partial charge in [-0.2, -0.15) is 0 Å². The molecule has 112 valence electrons. The highest BCUT2D eigenvalue weighted by atomic mass is 16.4. The van der Waals surface area contributed by atoms with E-state index in [0.717, 1.165) is 12.8 Å². The number of aliphatic carboxylic acids is 1. The van der Waals surface area contributed by atoms with Gasteiger partial charge in [0.1, 0.15) is 0 Å². The van der Waals surface area contributed by atoms with Gasteiger partial charge < -0.3 is 15.3 Å². The summed E-state index contributed by atoms with van der Waals surface area (Å²) in [4.78, 5) is 37.0. The molecule has 0 aromatic carbocycles. The van der Waals surface area contributed by atoms with Crippen molar-refractivity contribution in [1.29, 1.82) is 0 Å². The van der Waals surface area contributed by atoms with Crippen LogP contribution in [0.4, 0.5) is 0 Å². The van der Waals surface area contributed by atoms with Crippen molar-refractivity contribution >= 4 is 17.8 Å². The zero-order valence-corrected chi connectivity index (χ0v) is 11.8. The third-order valence-corrected chi connectivity index (χ3v) is 4.45. The summed E-state index contributed by atoms with van der Waals surface area (Å²) in [5.74, 6) is -1.98. The van der Waals surface area contributed by atoms with E-state index in [4.69, 9.17) is 0 Å². The van der Waals surface area contributed by atoms with Crippen molar-refractivity contribution in [2.75, 3.05) is 19.6 Å². The summed E-state index contributed by atoms with van der Waals surface area (Å²) < 4.78 is 0. The van der Waals surface area contributed by atoms with Gasteiger partial charge in [0.05, 0.1) is 18.4 Å². The van der Waals surface area contributed by atoms with Crippen molar-refractivity contribution in [3.8, 4) is 0 Å². The Kier molecular flexibility index (Phi) is 4.62. The molecule has 3 atom stereocenters. The molecule has 0 spiro atoms. The lowest BCUT2D eigenvalue weighted by molar-refractivity contribution is -0.149. The van der Waals surface area contributed by atoms with Gasteiger partial charge in [-0.25, -0.2) is 0 Å². The zero-order valence-electron chi connectivity index (χ0n) is 11.8. The van der Waals surface area contributed by atoms with E-state index in [-0.39, 0.29) is 18.4 Å². The zero-order chi connectivity index (χ0) is 14.7. The Morgan fingerprint density at radius 2 is 2.05 bits per heavy atom. The molecule has 2 aliphatic rings. The fourth-order valence-corrected chi connectivity index (χ4v) is 3.25. The highest BCUT2D eigenvalue weighted by Crippen LogP contribution is 2.39. The van der Waals surface area contributed by atoms with Gasteiger partial charge in [0.15, 0.2) is 0 Å². The van der Waals surface area contributed by atoms with Crippen LogP contribution in [-0.2, 0) is 14.4 Å². The number of hydrogen-bond acceptors (Lipinski definition) is 3. The molecule has 2 fully saturated rings. The average molecular weight is 282 g/mol. The number of rotatable bonds is 3. The van der Waals surface area contributed by atoms with Gasteiger partial charge in [-0.15, -0.1) is 0 Å². The smallest absolute Gasteiger partial charge is 0.307 e. The van der Waals surface area contributed by atoms with Crippen LogP contribution in [0.15, 0.2) is 0 Å². The molecule has 1 saturated carbocycles. The first-order valence-electron chi connectivity index (χ1n) is 7.31. The maximum absolute atomic E-state index is 12.6. The Morgan fingerprint density at radius 1 is 1.35 bits per heavy atom. The van der Waals surface area contributed by atoms with E-state index in [1.807, 2.05) is 6.92 Å². The molecule has 2 N–H and O–H groups in total. The standard InChI is InChI=1S/C14H22N2O4/c1-2-9-6-10(11(7-9)14(19)20)13(18)16-5-3-4-15-12(17)8-16/h9-11H,2-8H2,1H3,(H,15,17)(H,19,20)/t9?,10-,11+/m0/s1. The second kappa shape index (κ2) is 6.24. The third-order valence-electron chi connectivity index (χ3n) is 4.45. The van der Waals surface area contributed by atoms with Crippen molar-refractivity contribution in [2.45, 2.75) is 32.6 Å². The maximum Gasteiger partial charge on any atom is 0.307 e. The second-order valence-electron chi connectivity index (χ2n) is 5.76. The molecule has 1 aliphatic carbocycles. The number of hydrogen-bond donors (Lipinski definition) is 2. The predicted molar refractivity (Wildman–Crippen MR) is 71.8 cm³/mol. The van der Waals surface area contributed by atoms with E-state index in [1.54, 1.807) is 0 Å². The molecule has 2 rings (SSSR count). The summed E-state index contributed by atoms with van der Waals surface area (Å²) in [5, 5.41) is 12.0. The van der Waals surface area contributed by atoms with E-state index < -0.39 is 17.8 Å². The van der Waals surface area contributed by atoms with Crippen LogP contribution in [0, 0.1) is 17.8 Å². The van der Waals surface area contributed by atoms with E-state index in [0.29, 0.717) is 31.8 Å². The molecular weight excluding hydrogens is 260 g/mol. The van der Waals surface area contributed by atoms with E-state index in [9.17, 15) is 19.5 Å². The number of carboxylic acids is 1. The van der Waals surface area contributed by atoms with Gasteiger partial charge in [0, 0.05) is 13.1 Å². The van der Waals surface area contributed by atoms with Crippen molar-refractivity contribution in [1.82, 2.24) is 10.2 Å². The maximum atomic E-state index is 12.6. The molecule has 0 aromatic rings. The highest BCUT2D eigenvalue weighted by molar-refractivity contribution is 5.89. The van der Waals surface area contributed by atoms with E-state index in [2.05, 4.69) is 5.32 Å². The molecule has 0 aromatic heterocycles. The molecule has 2 amide bonds. The quantitative estimate of drug-likeness (QED) is 0.788. The van der Waals surface area contributed by atoms with Gasteiger partial charge in [-0.1, -0.05) is 13.3 Å². The SMILES string of the molecule is CCC1C[C@H](C(=O)N2CCCNC(=O)C2)[C@H](C(=O)O)C1. The summed E-state index contributed by atoms with van der Waals surface area (Å²) >= 11 is 0. The Morgan fingerprint density at radius 3 is 2.70 bits per heavy atom. The van der Waals surface area contributed by atoms with E-state index in [1.165, 1.54) is 4.90 Å². The van der Waals surface area contributed by atoms with Crippen LogP contribution in [0.5, 0.6) is 0 Å². The number of nitrogens with one attached hydrogen (secondary N) is 1. The first-order valence-corrected chi connectivity index (χ1v) is 7.31. The lowest BCUT2D eigenvalue weighted by Gasteiger charge is -2.24. The Bertz CT molecular complexity index is 410. The lowest BCUT2D eigenvalue weighted by atomic mass is 9.94. The van der Waals surface area contributed by atoms with Gasteiger partial charge in [-0.3, -0.25) is 14.4 Å². The van der Waals surface area contributed by atoms with Crippen LogP contribution >= 0.6 is 0 Å². The average Bonchev–Trinajstić information content (AvgIpc) is 2.74. The minimum absolute atomic E-state index is 0.0540. The number of carbonyl (C=O) groups is 3. The molecule has 1 heterocycles. The first-order chi connectivity index (χ1) is 9.52. The van der Waals surface area contributed by atoms with Gasteiger partial charge in [0.2, 0.25) is 11.8 Å². The van der Waals surface area contributed by atoms with Gasteiger partial charge >= 0.3 is 5.97 Å². The van der Waals surface area contributed by atoms with Crippen molar-refractivity contribution < 1.29 is 19.5 Å². The summed E-state index contributed by atoms with van der Waals surface area (Å²) in [6, 6.07) is 0. The molecule has 0 bridgehead atoms. The van der Waals surface area contributed by atoms with Crippen molar-refractivity contribution in [3.05, 3.63) is 0 Å². The minimum atomic E-state index is -0.890. The van der Waals surface area contributed by atoms with Crippen molar-refractivity contribution in [3.63, 3.8) is 0 Å². The Labute approximate surface area is 118 Å². The fourth-order valence-electron chi connectivity index (χ4n) is 3.25. The molecule has 1 unspecified atom stereocenters. The largest absolute Gasteiger partial charge is 0.481 e. The number of amides is 2. The third kappa shape index (κ3) is 3.11. The minimum Gasteiger partial charge on any atom is -0.481 e. The van der Waals surface area contributed by atoms with Gasteiger partial charge in [0.25, 0.3) is 0 Å². The Hall–Kier alpha value is -1.59. The molecule has 6 heteroatoms. The lowest BCUT2D eigenvalue weighted by Crippen LogP contribution is -2.42. The Balaban J connectivity index is 2.09. The highest BCUT2D eigenvalue weighted by Gasteiger charge is 2.43. The van der Waals surface area contributed by atoms with Crippen LogP contribution < -0.4 is 5.32 Å². The van der Waals surface area contributed by atoms with Crippen LogP contribution in [0.25, 0.3) is 0 Å².